The van der Waals surface area contributed by atoms with E-state index in [-0.39, 0.29) is 17.8 Å². The van der Waals surface area contributed by atoms with Gasteiger partial charge in [-0.2, -0.15) is 5.10 Å². The van der Waals surface area contributed by atoms with Gasteiger partial charge in [0, 0.05) is 18.2 Å². The van der Waals surface area contributed by atoms with Crippen LogP contribution >= 0.6 is 0 Å². The lowest BCUT2D eigenvalue weighted by molar-refractivity contribution is 0.0615. The van der Waals surface area contributed by atoms with Gasteiger partial charge in [-0.3, -0.25) is 9.89 Å². The zero-order valence-corrected chi connectivity index (χ0v) is 12.3. The van der Waals surface area contributed by atoms with Crippen LogP contribution < -0.4 is 5.32 Å². The molecule has 3 fully saturated rings. The summed E-state index contributed by atoms with van der Waals surface area (Å²) in [4.78, 5) is 19.1. The molecule has 1 atom stereocenters. The highest BCUT2D eigenvalue weighted by Crippen LogP contribution is 2.27. The first kappa shape index (κ1) is 13.5. The lowest BCUT2D eigenvalue weighted by atomic mass is 9.84. The summed E-state index contributed by atoms with van der Waals surface area (Å²) in [5.41, 5.74) is 0.903. The first-order valence-corrected chi connectivity index (χ1v) is 7.80. The van der Waals surface area contributed by atoms with Crippen molar-refractivity contribution in [2.24, 2.45) is 5.92 Å². The predicted molar refractivity (Wildman–Crippen MR) is 82.2 cm³/mol. The second-order valence-electron chi connectivity index (χ2n) is 6.09. The Morgan fingerprint density at radius 1 is 1.23 bits per heavy atom. The summed E-state index contributed by atoms with van der Waals surface area (Å²) in [7, 11) is 0. The number of nitrogens with zero attached hydrogens (tertiary/aromatic N) is 3. The van der Waals surface area contributed by atoms with E-state index in [1.54, 1.807) is 0 Å². The summed E-state index contributed by atoms with van der Waals surface area (Å²) in [5, 5.41) is 10.0. The van der Waals surface area contributed by atoms with Crippen molar-refractivity contribution in [3.8, 4) is 11.4 Å². The lowest BCUT2D eigenvalue weighted by Crippen LogP contribution is -2.57. The van der Waals surface area contributed by atoms with E-state index in [1.807, 2.05) is 30.3 Å². The van der Waals surface area contributed by atoms with Crippen molar-refractivity contribution in [2.45, 2.75) is 18.9 Å². The summed E-state index contributed by atoms with van der Waals surface area (Å²) in [6.45, 7) is 3.28. The Morgan fingerprint density at radius 3 is 2.68 bits per heavy atom. The molecular weight excluding hydrogens is 278 g/mol. The van der Waals surface area contributed by atoms with Crippen LogP contribution in [0.1, 0.15) is 23.5 Å². The molecule has 4 heterocycles. The van der Waals surface area contributed by atoms with E-state index in [2.05, 4.69) is 25.4 Å². The third kappa shape index (κ3) is 2.50. The summed E-state index contributed by atoms with van der Waals surface area (Å²) in [6, 6.07) is 9.89. The second kappa shape index (κ2) is 5.53. The molecule has 114 valence electrons. The molecule has 0 unspecified atom stereocenters. The van der Waals surface area contributed by atoms with Gasteiger partial charge in [-0.05, 0) is 31.8 Å². The molecule has 1 aromatic carbocycles. The minimum Gasteiger partial charge on any atom is -0.345 e. The molecule has 22 heavy (non-hydrogen) atoms. The summed E-state index contributed by atoms with van der Waals surface area (Å²) in [6.07, 6.45) is 2.35. The predicted octanol–water partition coefficient (Wildman–Crippen LogP) is 1.30. The van der Waals surface area contributed by atoms with Crippen LogP contribution in [0.2, 0.25) is 0 Å². The molecule has 3 aliphatic rings. The molecule has 3 aliphatic heterocycles. The van der Waals surface area contributed by atoms with Crippen molar-refractivity contribution >= 4 is 5.91 Å². The van der Waals surface area contributed by atoms with Gasteiger partial charge < -0.3 is 10.2 Å². The van der Waals surface area contributed by atoms with Gasteiger partial charge in [0.15, 0.2) is 5.82 Å². The van der Waals surface area contributed by atoms with Crippen LogP contribution in [0, 0.1) is 5.92 Å². The van der Waals surface area contributed by atoms with Crippen LogP contribution in [-0.2, 0) is 0 Å². The number of benzene rings is 1. The number of aromatic amines is 1. The molecule has 2 N–H and O–H groups in total. The number of fused-ring (bicyclic) bond motifs is 3. The Bertz CT molecular complexity index is 660. The van der Waals surface area contributed by atoms with E-state index < -0.39 is 0 Å². The molecule has 0 saturated carbocycles. The van der Waals surface area contributed by atoms with Crippen LogP contribution in [0.25, 0.3) is 11.4 Å². The lowest BCUT2D eigenvalue weighted by Gasteiger charge is -2.44. The maximum atomic E-state index is 12.4. The standard InChI is InChI=1S/C16H19N5O/c22-16(17-13-10-21-8-6-11(13)7-9-21)15-18-14(19-20-15)12-4-2-1-3-5-12/h1-5,11,13H,6-10H2,(H,17,22)(H,18,19,20)/t13-/m0/s1. The third-order valence-corrected chi connectivity index (χ3v) is 4.71. The van der Waals surface area contributed by atoms with Crippen LogP contribution in [0.5, 0.6) is 0 Å². The fourth-order valence-corrected chi connectivity index (χ4v) is 3.45. The number of nitrogens with one attached hydrogen (secondary N) is 2. The quantitative estimate of drug-likeness (QED) is 0.895. The second-order valence-corrected chi connectivity index (χ2v) is 6.09. The van der Waals surface area contributed by atoms with Gasteiger partial charge >= 0.3 is 0 Å². The molecule has 1 amide bonds. The van der Waals surface area contributed by atoms with Crippen molar-refractivity contribution in [2.75, 3.05) is 19.6 Å². The molecule has 2 bridgehead atoms. The molecule has 0 aliphatic carbocycles. The van der Waals surface area contributed by atoms with Crippen LogP contribution in [-0.4, -0.2) is 51.7 Å². The number of hydrogen-bond donors (Lipinski definition) is 2. The normalized spacial score (nSPS) is 26.8. The minimum atomic E-state index is -0.159. The Kier molecular flexibility index (Phi) is 3.38. The highest BCUT2D eigenvalue weighted by molar-refractivity contribution is 5.91. The minimum absolute atomic E-state index is 0.159. The highest BCUT2D eigenvalue weighted by Gasteiger charge is 2.35. The number of carbonyl (C=O) groups excluding carboxylic acids is 1. The average Bonchev–Trinajstić information content (AvgIpc) is 3.07. The number of aromatic nitrogens is 3. The molecule has 0 spiro atoms. The van der Waals surface area contributed by atoms with E-state index in [0.29, 0.717) is 11.7 Å². The molecule has 3 saturated heterocycles. The molecule has 2 aromatic rings. The van der Waals surface area contributed by atoms with Crippen molar-refractivity contribution in [3.05, 3.63) is 36.2 Å². The number of hydrogen-bond acceptors (Lipinski definition) is 4. The number of H-pyrrole nitrogens is 1. The van der Waals surface area contributed by atoms with Gasteiger partial charge in [-0.25, -0.2) is 4.98 Å². The molecule has 6 nitrogen and oxygen atoms in total. The maximum absolute atomic E-state index is 12.4. The molecule has 1 aromatic heterocycles. The van der Waals surface area contributed by atoms with Gasteiger partial charge in [-0.1, -0.05) is 30.3 Å². The number of piperidine rings is 3. The Labute approximate surface area is 128 Å². The Hall–Kier alpha value is -2.21. The number of rotatable bonds is 3. The average molecular weight is 297 g/mol. The van der Waals surface area contributed by atoms with Gasteiger partial charge in [0.05, 0.1) is 0 Å². The number of amides is 1. The molecular formula is C16H19N5O. The van der Waals surface area contributed by atoms with Crippen molar-refractivity contribution < 1.29 is 4.79 Å². The van der Waals surface area contributed by atoms with Crippen LogP contribution in [0.4, 0.5) is 0 Å². The molecule has 6 heteroatoms. The summed E-state index contributed by atoms with van der Waals surface area (Å²) >= 11 is 0. The first-order valence-electron chi connectivity index (χ1n) is 7.80. The summed E-state index contributed by atoms with van der Waals surface area (Å²) in [5.74, 6) is 1.29. The topological polar surface area (TPSA) is 73.9 Å². The van der Waals surface area contributed by atoms with E-state index in [9.17, 15) is 4.79 Å². The van der Waals surface area contributed by atoms with Crippen LogP contribution in [0.3, 0.4) is 0 Å². The zero-order valence-electron chi connectivity index (χ0n) is 12.3. The van der Waals surface area contributed by atoms with Crippen LogP contribution in [0.15, 0.2) is 30.3 Å². The van der Waals surface area contributed by atoms with Gasteiger partial charge in [0.2, 0.25) is 5.82 Å². The Balaban J connectivity index is 1.46. The van der Waals surface area contributed by atoms with Gasteiger partial charge in [-0.15, -0.1) is 0 Å². The maximum Gasteiger partial charge on any atom is 0.288 e. The fourth-order valence-electron chi connectivity index (χ4n) is 3.45. The van der Waals surface area contributed by atoms with Gasteiger partial charge in [0.25, 0.3) is 5.91 Å². The molecule has 5 rings (SSSR count). The van der Waals surface area contributed by atoms with Gasteiger partial charge in [0.1, 0.15) is 0 Å². The smallest absolute Gasteiger partial charge is 0.288 e. The van der Waals surface area contributed by atoms with E-state index in [4.69, 9.17) is 0 Å². The highest BCUT2D eigenvalue weighted by atomic mass is 16.2. The van der Waals surface area contributed by atoms with Crippen molar-refractivity contribution in [1.29, 1.82) is 0 Å². The third-order valence-electron chi connectivity index (χ3n) is 4.71. The van der Waals surface area contributed by atoms with E-state index in [1.165, 1.54) is 12.8 Å². The van der Waals surface area contributed by atoms with Crippen molar-refractivity contribution in [1.82, 2.24) is 25.4 Å². The number of carbonyl (C=O) groups is 1. The fraction of sp³-hybridized carbons (Fsp3) is 0.438. The monoisotopic (exact) mass is 297 g/mol. The van der Waals surface area contributed by atoms with E-state index in [0.717, 1.165) is 25.2 Å². The summed E-state index contributed by atoms with van der Waals surface area (Å²) < 4.78 is 0. The largest absolute Gasteiger partial charge is 0.345 e. The zero-order chi connectivity index (χ0) is 14.9. The SMILES string of the molecule is O=C(N[C@H]1CN2CCC1CC2)c1nc(-c2ccccc2)n[nH]1. The first-order chi connectivity index (χ1) is 10.8. The Morgan fingerprint density at radius 2 is 2.00 bits per heavy atom. The van der Waals surface area contributed by atoms with Crippen molar-refractivity contribution in [3.63, 3.8) is 0 Å². The molecule has 0 radical (unpaired) electrons. The van der Waals surface area contributed by atoms with E-state index >= 15 is 0 Å².